The number of methoxy groups -OCH3 is 1. The number of aromatic nitrogens is 3. The van der Waals surface area contributed by atoms with Crippen LogP contribution >= 0.6 is 23.1 Å². The largest absolute Gasteiger partial charge is 0.497 e. The van der Waals surface area contributed by atoms with E-state index < -0.39 is 0 Å². The number of amides is 1. The highest BCUT2D eigenvalue weighted by atomic mass is 32.2. The number of aryl methyl sites for hydroxylation is 2. The first-order valence-corrected chi connectivity index (χ1v) is 11.4. The number of carbonyl (C=O) groups is 1. The molecule has 1 N–H and O–H groups in total. The van der Waals surface area contributed by atoms with Gasteiger partial charge in [0.25, 0.3) is 5.91 Å². The van der Waals surface area contributed by atoms with Gasteiger partial charge in [-0.2, -0.15) is 0 Å². The fraction of sp³-hybridized carbons (Fsp3) is 0.182. The summed E-state index contributed by atoms with van der Waals surface area (Å²) >= 11 is 2.81. The molecule has 0 aliphatic heterocycles. The number of furan rings is 1. The van der Waals surface area contributed by atoms with E-state index in [9.17, 15) is 4.79 Å². The standard InChI is InChI=1S/C22H20N4O3S2/c1-12-17(21(30-4)25-19(23-12)16-6-5-11-29-16)20(27)26-22-24-18(13(2)31-22)14-7-9-15(28-3)10-8-14/h5-11H,1-4H3,(H,24,26,27). The molecular weight excluding hydrogens is 432 g/mol. The molecule has 3 aromatic heterocycles. The number of anilines is 1. The number of carbonyl (C=O) groups excluding carboxylic acids is 1. The van der Waals surface area contributed by atoms with Crippen molar-refractivity contribution in [1.29, 1.82) is 0 Å². The highest BCUT2D eigenvalue weighted by Gasteiger charge is 2.21. The molecule has 7 nitrogen and oxygen atoms in total. The number of thiazole rings is 1. The van der Waals surface area contributed by atoms with Crippen LogP contribution in [0.3, 0.4) is 0 Å². The van der Waals surface area contributed by atoms with Gasteiger partial charge in [-0.15, -0.1) is 23.1 Å². The molecule has 4 aromatic rings. The summed E-state index contributed by atoms with van der Waals surface area (Å²) in [5.74, 6) is 1.51. The Morgan fingerprint density at radius 3 is 2.55 bits per heavy atom. The Balaban J connectivity index is 1.61. The van der Waals surface area contributed by atoms with Crippen molar-refractivity contribution in [3.63, 3.8) is 0 Å². The SMILES string of the molecule is COc1ccc(-c2nc(NC(=O)c3c(C)nc(-c4ccco4)nc3SC)sc2C)cc1. The maximum Gasteiger partial charge on any atom is 0.262 e. The topological polar surface area (TPSA) is 90.1 Å². The lowest BCUT2D eigenvalue weighted by Crippen LogP contribution is -2.16. The van der Waals surface area contributed by atoms with E-state index in [0.717, 1.165) is 21.9 Å². The summed E-state index contributed by atoms with van der Waals surface area (Å²) in [6.45, 7) is 3.77. The molecule has 0 radical (unpaired) electrons. The lowest BCUT2D eigenvalue weighted by atomic mass is 10.1. The van der Waals surface area contributed by atoms with E-state index in [4.69, 9.17) is 9.15 Å². The maximum absolute atomic E-state index is 13.1. The second kappa shape index (κ2) is 8.91. The van der Waals surface area contributed by atoms with Crippen LogP contribution in [0.1, 0.15) is 20.9 Å². The molecule has 1 amide bonds. The Morgan fingerprint density at radius 2 is 1.90 bits per heavy atom. The summed E-state index contributed by atoms with van der Waals surface area (Å²) in [5.41, 5.74) is 2.80. The third-order valence-electron chi connectivity index (χ3n) is 4.60. The fourth-order valence-electron chi connectivity index (χ4n) is 3.10. The minimum Gasteiger partial charge on any atom is -0.497 e. The first-order chi connectivity index (χ1) is 15.0. The van der Waals surface area contributed by atoms with Gasteiger partial charge in [-0.05, 0) is 56.5 Å². The average molecular weight is 453 g/mol. The molecular formula is C22H20N4O3S2. The Morgan fingerprint density at radius 1 is 1.13 bits per heavy atom. The monoisotopic (exact) mass is 452 g/mol. The van der Waals surface area contributed by atoms with Crippen molar-refractivity contribution >= 4 is 34.1 Å². The van der Waals surface area contributed by atoms with Crippen LogP contribution in [0.25, 0.3) is 22.8 Å². The van der Waals surface area contributed by atoms with E-state index >= 15 is 0 Å². The van der Waals surface area contributed by atoms with E-state index in [-0.39, 0.29) is 5.91 Å². The van der Waals surface area contributed by atoms with E-state index in [0.29, 0.717) is 33.0 Å². The summed E-state index contributed by atoms with van der Waals surface area (Å²) < 4.78 is 10.6. The van der Waals surface area contributed by atoms with Gasteiger partial charge < -0.3 is 9.15 Å². The van der Waals surface area contributed by atoms with E-state index in [1.165, 1.54) is 23.1 Å². The summed E-state index contributed by atoms with van der Waals surface area (Å²) in [6.07, 6.45) is 3.44. The zero-order chi connectivity index (χ0) is 22.0. The second-order valence-corrected chi connectivity index (χ2v) is 8.60. The number of rotatable bonds is 6. The van der Waals surface area contributed by atoms with E-state index in [1.54, 1.807) is 32.4 Å². The van der Waals surface area contributed by atoms with Crippen molar-refractivity contribution in [1.82, 2.24) is 15.0 Å². The molecule has 0 spiro atoms. The molecule has 0 unspecified atom stereocenters. The Labute approximate surface area is 187 Å². The molecule has 9 heteroatoms. The summed E-state index contributed by atoms with van der Waals surface area (Å²) in [6, 6.07) is 11.2. The van der Waals surface area contributed by atoms with Crippen molar-refractivity contribution in [3.05, 3.63) is 58.8 Å². The van der Waals surface area contributed by atoms with Crippen LogP contribution in [0.2, 0.25) is 0 Å². The van der Waals surface area contributed by atoms with Gasteiger partial charge in [0.15, 0.2) is 16.7 Å². The van der Waals surface area contributed by atoms with Crippen LogP contribution in [0, 0.1) is 13.8 Å². The van der Waals surface area contributed by atoms with E-state index in [2.05, 4.69) is 20.3 Å². The minimum absolute atomic E-state index is 0.289. The van der Waals surface area contributed by atoms with Gasteiger partial charge in [0.05, 0.1) is 30.3 Å². The molecule has 0 aliphatic rings. The lowest BCUT2D eigenvalue weighted by Gasteiger charge is -2.10. The van der Waals surface area contributed by atoms with Crippen LogP contribution in [0.5, 0.6) is 5.75 Å². The number of hydrogen-bond donors (Lipinski definition) is 1. The van der Waals surface area contributed by atoms with Gasteiger partial charge in [0.2, 0.25) is 0 Å². The predicted octanol–water partition coefficient (Wildman–Crippen LogP) is 5.46. The summed E-state index contributed by atoms with van der Waals surface area (Å²) in [7, 11) is 1.63. The number of nitrogens with one attached hydrogen (secondary N) is 1. The highest BCUT2D eigenvalue weighted by molar-refractivity contribution is 7.98. The van der Waals surface area contributed by atoms with Crippen LogP contribution in [0.15, 0.2) is 52.1 Å². The quantitative estimate of drug-likeness (QED) is 0.307. The first kappa shape index (κ1) is 21.1. The van der Waals surface area contributed by atoms with Gasteiger partial charge in [0.1, 0.15) is 10.8 Å². The number of ether oxygens (including phenoxy) is 1. The third kappa shape index (κ3) is 4.33. The molecule has 3 heterocycles. The second-order valence-electron chi connectivity index (χ2n) is 6.60. The van der Waals surface area contributed by atoms with Gasteiger partial charge in [-0.1, -0.05) is 0 Å². The fourth-order valence-corrected chi connectivity index (χ4v) is 4.55. The van der Waals surface area contributed by atoms with Crippen molar-refractivity contribution in [2.75, 3.05) is 18.7 Å². The normalized spacial score (nSPS) is 10.8. The van der Waals surface area contributed by atoms with Crippen LogP contribution in [-0.2, 0) is 0 Å². The lowest BCUT2D eigenvalue weighted by molar-refractivity contribution is 0.102. The van der Waals surface area contributed by atoms with Crippen LogP contribution in [0.4, 0.5) is 5.13 Å². The first-order valence-electron chi connectivity index (χ1n) is 9.40. The Bertz CT molecular complexity index is 1220. The van der Waals surface area contributed by atoms with Gasteiger partial charge >= 0.3 is 0 Å². The number of hydrogen-bond acceptors (Lipinski definition) is 8. The van der Waals surface area contributed by atoms with Gasteiger partial charge in [-0.25, -0.2) is 15.0 Å². The number of thioether (sulfide) groups is 1. The molecule has 0 atom stereocenters. The predicted molar refractivity (Wildman–Crippen MR) is 123 cm³/mol. The number of nitrogens with zero attached hydrogens (tertiary/aromatic N) is 3. The van der Waals surface area contributed by atoms with Crippen LogP contribution < -0.4 is 10.1 Å². The maximum atomic E-state index is 13.1. The number of benzene rings is 1. The molecule has 0 aliphatic carbocycles. The highest BCUT2D eigenvalue weighted by Crippen LogP contribution is 2.32. The zero-order valence-electron chi connectivity index (χ0n) is 17.4. The molecule has 0 fully saturated rings. The third-order valence-corrected chi connectivity index (χ3v) is 6.17. The summed E-state index contributed by atoms with van der Waals surface area (Å²) in [5, 5.41) is 4.01. The minimum atomic E-state index is -0.289. The average Bonchev–Trinajstić information content (AvgIpc) is 3.43. The molecule has 0 bridgehead atoms. The molecule has 1 aromatic carbocycles. The zero-order valence-corrected chi connectivity index (χ0v) is 19.1. The summed E-state index contributed by atoms with van der Waals surface area (Å²) in [4.78, 5) is 27.7. The Kier molecular flexibility index (Phi) is 6.06. The molecule has 4 rings (SSSR count). The van der Waals surface area contributed by atoms with Crippen LogP contribution in [-0.4, -0.2) is 34.2 Å². The Hall–Kier alpha value is -3.17. The molecule has 0 saturated carbocycles. The smallest absolute Gasteiger partial charge is 0.262 e. The van der Waals surface area contributed by atoms with Crippen molar-refractivity contribution in [2.24, 2.45) is 0 Å². The molecule has 158 valence electrons. The van der Waals surface area contributed by atoms with Crippen molar-refractivity contribution < 1.29 is 13.9 Å². The van der Waals surface area contributed by atoms with E-state index in [1.807, 2.05) is 37.4 Å². The molecule has 31 heavy (non-hydrogen) atoms. The van der Waals surface area contributed by atoms with Crippen molar-refractivity contribution in [3.8, 4) is 28.6 Å². The van der Waals surface area contributed by atoms with Gasteiger partial charge in [-0.3, -0.25) is 10.1 Å². The van der Waals surface area contributed by atoms with Crippen molar-refractivity contribution in [2.45, 2.75) is 18.9 Å². The van der Waals surface area contributed by atoms with Gasteiger partial charge in [0, 0.05) is 10.4 Å². The molecule has 0 saturated heterocycles.